The fourth-order valence-corrected chi connectivity index (χ4v) is 5.72. The predicted octanol–water partition coefficient (Wildman–Crippen LogP) is 3.71. The standard InChI is InChI=1S/C22H23N3OS/c26-21-15-25(19-7-2-1-3-8-19)27-22(21)10-11-24(16-22)14-17-12-18-6-4-5-9-20(18)23-13-17/h1-9,12-13,21,26H,10-11,14-16H2/t21-,22+/m0/s1. The number of benzene rings is 2. The van der Waals surface area contributed by atoms with Crippen molar-refractivity contribution in [3.63, 3.8) is 0 Å². The lowest BCUT2D eigenvalue weighted by Gasteiger charge is -2.26. The van der Waals surface area contributed by atoms with Crippen LogP contribution in [0.5, 0.6) is 0 Å². The number of fused-ring (bicyclic) bond motifs is 1. The topological polar surface area (TPSA) is 39.6 Å². The van der Waals surface area contributed by atoms with Crippen LogP contribution in [0, 0.1) is 0 Å². The van der Waals surface area contributed by atoms with E-state index in [1.165, 1.54) is 16.6 Å². The molecule has 1 N–H and O–H groups in total. The Hall–Kier alpha value is -2.08. The fourth-order valence-electron chi connectivity index (χ4n) is 4.22. The lowest BCUT2D eigenvalue weighted by Crippen LogP contribution is -2.39. The van der Waals surface area contributed by atoms with E-state index in [0.717, 1.165) is 31.6 Å². The van der Waals surface area contributed by atoms with Crippen LogP contribution in [0.25, 0.3) is 10.9 Å². The van der Waals surface area contributed by atoms with Gasteiger partial charge in [0, 0.05) is 36.9 Å². The molecule has 1 spiro atoms. The molecule has 3 heterocycles. The van der Waals surface area contributed by atoms with Crippen molar-refractivity contribution in [2.75, 3.05) is 23.9 Å². The van der Waals surface area contributed by atoms with Crippen molar-refractivity contribution in [3.05, 3.63) is 72.4 Å². The largest absolute Gasteiger partial charge is 0.390 e. The van der Waals surface area contributed by atoms with Gasteiger partial charge in [-0.3, -0.25) is 9.88 Å². The summed E-state index contributed by atoms with van der Waals surface area (Å²) >= 11 is 1.82. The number of aliphatic hydroxyl groups is 1. The van der Waals surface area contributed by atoms with Gasteiger partial charge < -0.3 is 9.41 Å². The quantitative estimate of drug-likeness (QED) is 0.705. The fraction of sp³-hybridized carbons (Fsp3) is 0.318. The molecule has 2 saturated heterocycles. The zero-order chi connectivity index (χ0) is 18.3. The first-order chi connectivity index (χ1) is 13.2. The van der Waals surface area contributed by atoms with E-state index < -0.39 is 0 Å². The third-order valence-corrected chi connectivity index (χ3v) is 7.23. The first kappa shape index (κ1) is 17.0. The van der Waals surface area contributed by atoms with Crippen LogP contribution in [-0.2, 0) is 6.54 Å². The summed E-state index contributed by atoms with van der Waals surface area (Å²) in [7, 11) is 0. The van der Waals surface area contributed by atoms with Crippen LogP contribution in [0.4, 0.5) is 5.69 Å². The number of aromatic nitrogens is 1. The summed E-state index contributed by atoms with van der Waals surface area (Å²) < 4.78 is 2.16. The van der Waals surface area contributed by atoms with Gasteiger partial charge in [-0.05, 0) is 48.2 Å². The third kappa shape index (κ3) is 3.20. The molecule has 0 unspecified atom stereocenters. The molecule has 5 rings (SSSR count). The summed E-state index contributed by atoms with van der Waals surface area (Å²) in [5.74, 6) is 0. The van der Waals surface area contributed by atoms with Gasteiger partial charge in [0.25, 0.3) is 0 Å². The Bertz CT molecular complexity index is 950. The summed E-state index contributed by atoms with van der Waals surface area (Å²) in [6.45, 7) is 3.51. The minimum atomic E-state index is -0.303. The SMILES string of the molecule is O[C@H]1CN(c2ccccc2)S[C@@]12CCN(Cc1cnc3ccccc3c1)C2. The number of para-hydroxylation sites is 2. The van der Waals surface area contributed by atoms with Crippen LogP contribution in [-0.4, -0.2) is 45.5 Å². The minimum Gasteiger partial charge on any atom is -0.390 e. The van der Waals surface area contributed by atoms with Crippen molar-refractivity contribution in [3.8, 4) is 0 Å². The number of likely N-dealkylation sites (tertiary alicyclic amines) is 1. The first-order valence-corrected chi connectivity index (χ1v) is 10.3. The van der Waals surface area contributed by atoms with Crippen LogP contribution in [0.3, 0.4) is 0 Å². The van der Waals surface area contributed by atoms with E-state index in [1.807, 2.05) is 36.3 Å². The van der Waals surface area contributed by atoms with Gasteiger partial charge in [-0.2, -0.15) is 0 Å². The van der Waals surface area contributed by atoms with E-state index in [0.29, 0.717) is 6.54 Å². The lowest BCUT2D eigenvalue weighted by molar-refractivity contribution is 0.145. The number of aliphatic hydroxyl groups excluding tert-OH is 1. The molecule has 138 valence electrons. The zero-order valence-electron chi connectivity index (χ0n) is 15.2. The Morgan fingerprint density at radius 2 is 1.93 bits per heavy atom. The highest BCUT2D eigenvalue weighted by molar-refractivity contribution is 8.02. The van der Waals surface area contributed by atoms with Crippen LogP contribution in [0.1, 0.15) is 12.0 Å². The molecule has 3 aromatic rings. The molecule has 2 aliphatic heterocycles. The maximum absolute atomic E-state index is 10.8. The summed E-state index contributed by atoms with van der Waals surface area (Å²) in [6, 6.07) is 20.9. The molecule has 2 atom stereocenters. The molecule has 5 heteroatoms. The van der Waals surface area contributed by atoms with E-state index in [1.54, 1.807) is 0 Å². The van der Waals surface area contributed by atoms with Gasteiger partial charge in [0.1, 0.15) is 0 Å². The van der Waals surface area contributed by atoms with Crippen molar-refractivity contribution in [1.82, 2.24) is 9.88 Å². The second-order valence-corrected chi connectivity index (χ2v) is 9.00. The molecule has 2 aliphatic rings. The van der Waals surface area contributed by atoms with Crippen LogP contribution in [0.2, 0.25) is 0 Å². The van der Waals surface area contributed by atoms with Gasteiger partial charge in [-0.1, -0.05) is 36.4 Å². The van der Waals surface area contributed by atoms with Crippen LogP contribution in [0.15, 0.2) is 66.9 Å². The number of rotatable bonds is 3. The monoisotopic (exact) mass is 377 g/mol. The molecular weight excluding hydrogens is 354 g/mol. The summed E-state index contributed by atoms with van der Waals surface area (Å²) in [5, 5.41) is 12.0. The van der Waals surface area contributed by atoms with E-state index in [2.05, 4.69) is 56.7 Å². The number of hydrogen-bond donors (Lipinski definition) is 1. The maximum Gasteiger partial charge on any atom is 0.0902 e. The molecule has 1 aromatic heterocycles. The van der Waals surface area contributed by atoms with Crippen molar-refractivity contribution >= 4 is 28.5 Å². The molecule has 0 amide bonds. The Morgan fingerprint density at radius 3 is 2.81 bits per heavy atom. The molecule has 2 aromatic carbocycles. The molecule has 0 saturated carbocycles. The molecule has 2 fully saturated rings. The van der Waals surface area contributed by atoms with Gasteiger partial charge in [-0.15, -0.1) is 0 Å². The number of nitrogens with zero attached hydrogens (tertiary/aromatic N) is 3. The highest BCUT2D eigenvalue weighted by atomic mass is 32.2. The van der Waals surface area contributed by atoms with E-state index in [4.69, 9.17) is 0 Å². The van der Waals surface area contributed by atoms with Crippen molar-refractivity contribution in [1.29, 1.82) is 0 Å². The molecular formula is C22H23N3OS. The van der Waals surface area contributed by atoms with Crippen molar-refractivity contribution in [2.45, 2.75) is 23.8 Å². The maximum atomic E-state index is 10.8. The Balaban J connectivity index is 1.30. The highest BCUT2D eigenvalue weighted by Gasteiger charge is 2.51. The number of pyridine rings is 1. The average Bonchev–Trinajstić information content (AvgIpc) is 3.26. The van der Waals surface area contributed by atoms with Gasteiger partial charge >= 0.3 is 0 Å². The van der Waals surface area contributed by atoms with Gasteiger partial charge in [0.15, 0.2) is 0 Å². The smallest absolute Gasteiger partial charge is 0.0902 e. The Labute approximate surface area is 164 Å². The van der Waals surface area contributed by atoms with Crippen molar-refractivity contribution in [2.24, 2.45) is 0 Å². The normalized spacial score (nSPS) is 25.7. The van der Waals surface area contributed by atoms with E-state index in [9.17, 15) is 5.11 Å². The Kier molecular flexibility index (Phi) is 4.31. The van der Waals surface area contributed by atoms with E-state index in [-0.39, 0.29) is 10.9 Å². The predicted molar refractivity (Wildman–Crippen MR) is 112 cm³/mol. The van der Waals surface area contributed by atoms with E-state index >= 15 is 0 Å². The summed E-state index contributed by atoms with van der Waals surface area (Å²) in [5.41, 5.74) is 3.46. The summed E-state index contributed by atoms with van der Waals surface area (Å²) in [4.78, 5) is 7.04. The second kappa shape index (κ2) is 6.82. The zero-order valence-corrected chi connectivity index (χ0v) is 16.0. The molecule has 0 bridgehead atoms. The molecule has 0 aliphatic carbocycles. The van der Waals surface area contributed by atoms with Gasteiger partial charge in [-0.25, -0.2) is 0 Å². The van der Waals surface area contributed by atoms with Crippen LogP contribution < -0.4 is 4.31 Å². The average molecular weight is 378 g/mol. The summed E-state index contributed by atoms with van der Waals surface area (Å²) in [6.07, 6.45) is 2.70. The van der Waals surface area contributed by atoms with Gasteiger partial charge in [0.2, 0.25) is 0 Å². The molecule has 4 nitrogen and oxygen atoms in total. The van der Waals surface area contributed by atoms with Crippen molar-refractivity contribution < 1.29 is 5.11 Å². The number of hydrogen-bond acceptors (Lipinski definition) is 5. The Morgan fingerprint density at radius 1 is 1.11 bits per heavy atom. The highest BCUT2D eigenvalue weighted by Crippen LogP contribution is 2.47. The second-order valence-electron chi connectivity index (χ2n) is 7.57. The third-order valence-electron chi connectivity index (χ3n) is 5.68. The van der Waals surface area contributed by atoms with Gasteiger partial charge in [0.05, 0.1) is 22.9 Å². The molecule has 27 heavy (non-hydrogen) atoms. The number of anilines is 1. The minimum absolute atomic E-state index is 0.0971. The number of β-amino-alcohol motifs (C(OH)–C–C–N with tert-alkyl or cyclic N) is 1. The van der Waals surface area contributed by atoms with Crippen LogP contribution >= 0.6 is 11.9 Å². The lowest BCUT2D eigenvalue weighted by atomic mass is 10.0. The first-order valence-electron chi connectivity index (χ1n) is 9.48. The molecule has 0 radical (unpaired) electrons.